The van der Waals surface area contributed by atoms with Crippen LogP contribution in [-0.2, 0) is 21.3 Å². The number of rotatable bonds is 7. The number of hydrogen-bond acceptors (Lipinski definition) is 4. The van der Waals surface area contributed by atoms with Crippen LogP contribution in [0.25, 0.3) is 0 Å². The Labute approximate surface area is 151 Å². The summed E-state index contributed by atoms with van der Waals surface area (Å²) in [6.45, 7) is 2.12. The van der Waals surface area contributed by atoms with Crippen LogP contribution >= 0.6 is 15.9 Å². The average Bonchev–Trinajstić information content (AvgIpc) is 2.62. The molecule has 0 radical (unpaired) electrons. The third kappa shape index (κ3) is 4.54. The van der Waals surface area contributed by atoms with Gasteiger partial charge in [-0.3, -0.25) is 4.79 Å². The first kappa shape index (κ1) is 18.4. The van der Waals surface area contributed by atoms with Gasteiger partial charge in [-0.15, -0.1) is 0 Å². The lowest BCUT2D eigenvalue weighted by Crippen LogP contribution is -2.11. The van der Waals surface area contributed by atoms with Gasteiger partial charge in [-0.2, -0.15) is 0 Å². The van der Waals surface area contributed by atoms with Crippen molar-refractivity contribution in [2.24, 2.45) is 0 Å². The molecule has 0 heterocycles. The highest BCUT2D eigenvalue weighted by atomic mass is 79.9. The summed E-state index contributed by atoms with van der Waals surface area (Å²) < 4.78 is 16.2. The Morgan fingerprint density at radius 1 is 1.08 bits per heavy atom. The maximum Gasteiger partial charge on any atom is 0.309 e. The third-order valence-electron chi connectivity index (χ3n) is 3.70. The van der Waals surface area contributed by atoms with Gasteiger partial charge in [0.25, 0.3) is 0 Å². The number of ether oxygens (including phenoxy) is 3. The number of hydrogen-bond donors (Lipinski definition) is 0. The smallest absolute Gasteiger partial charge is 0.309 e. The van der Waals surface area contributed by atoms with Gasteiger partial charge in [0, 0.05) is 10.9 Å². The highest BCUT2D eigenvalue weighted by molar-refractivity contribution is 9.08. The summed E-state index contributed by atoms with van der Waals surface area (Å²) >= 11 is 3.50. The number of carbonyl (C=O) groups is 1. The fraction of sp³-hybridized carbons (Fsp3) is 0.278. The monoisotopic (exact) mass is 390 g/mol. The molecule has 4 nitrogen and oxygen atoms in total. The van der Waals surface area contributed by atoms with Crippen molar-refractivity contribution in [2.45, 2.75) is 18.6 Å². The van der Waals surface area contributed by atoms with E-state index in [4.69, 9.17) is 14.2 Å². The normalized spacial score (nSPS) is 10.2. The van der Waals surface area contributed by atoms with Crippen molar-refractivity contribution < 1.29 is 19.0 Å². The molecule has 0 bridgehead atoms. The Hall–Kier alpha value is -1.95. The minimum atomic E-state index is -0.292. The summed E-state index contributed by atoms with van der Waals surface area (Å²) in [4.78, 5) is 11.5. The molecule has 0 aliphatic heterocycles. The minimum absolute atomic E-state index is 0.191. The lowest BCUT2D eigenvalue weighted by Gasteiger charge is -2.14. The second-order valence-electron chi connectivity index (χ2n) is 5.27. The quantitative estimate of drug-likeness (QED) is 0.413. The summed E-state index contributed by atoms with van der Waals surface area (Å²) in [5.74, 6) is 1.66. The average molecular weight is 391 g/mol. The van der Waals surface area contributed by atoms with Crippen molar-refractivity contribution in [2.75, 3.05) is 14.2 Å². The van der Waals surface area contributed by atoms with E-state index in [1.54, 1.807) is 13.2 Å². The summed E-state index contributed by atoms with van der Waals surface area (Å²) in [7, 11) is 3.94. The lowest BCUT2D eigenvalue weighted by molar-refractivity contribution is -0.139. The first-order chi connectivity index (χ1) is 11.6. The second-order valence-corrected chi connectivity index (χ2v) is 5.83. The number of esters is 1. The summed E-state index contributed by atoms with van der Waals surface area (Å²) in [5.41, 5.74) is 3.13. The van der Waals surface area contributed by atoms with Gasteiger partial charge < -0.3 is 14.2 Å². The summed E-state index contributed by atoms with van der Waals surface area (Å²) in [5, 5.41) is 0.695. The van der Waals surface area contributed by atoms with Gasteiger partial charge in [0.1, 0.15) is 5.75 Å². The Kier molecular flexibility index (Phi) is 6.73. The molecule has 126 valence electrons. The van der Waals surface area contributed by atoms with Crippen LogP contribution in [-0.4, -0.2) is 27.5 Å². The molecule has 0 atom stereocenters. The Morgan fingerprint density at radius 2 is 1.83 bits per heavy atom. The summed E-state index contributed by atoms with van der Waals surface area (Å²) in [6, 6.07) is 11.6. The van der Waals surface area contributed by atoms with Gasteiger partial charge >= 0.3 is 5.97 Å². The lowest BCUT2D eigenvalue weighted by atomic mass is 9.73. The highest BCUT2D eigenvalue weighted by Crippen LogP contribution is 2.34. The van der Waals surface area contributed by atoms with Crippen LogP contribution in [0.3, 0.4) is 0 Å². The van der Waals surface area contributed by atoms with E-state index in [0.29, 0.717) is 16.8 Å². The van der Waals surface area contributed by atoms with E-state index in [2.05, 4.69) is 28.8 Å². The van der Waals surface area contributed by atoms with E-state index >= 15 is 0 Å². The second kappa shape index (κ2) is 8.78. The molecule has 24 heavy (non-hydrogen) atoms. The largest absolute Gasteiger partial charge is 0.493 e. The third-order valence-corrected chi connectivity index (χ3v) is 4.31. The van der Waals surface area contributed by atoms with E-state index in [-0.39, 0.29) is 12.4 Å². The predicted molar refractivity (Wildman–Crippen MR) is 101 cm³/mol. The molecule has 0 saturated carbocycles. The molecular weight excluding hydrogens is 371 g/mol. The van der Waals surface area contributed by atoms with Crippen molar-refractivity contribution >= 4 is 34.6 Å². The van der Waals surface area contributed by atoms with Crippen LogP contribution in [0.15, 0.2) is 36.4 Å². The molecule has 0 saturated heterocycles. The van der Waals surface area contributed by atoms with Crippen LogP contribution < -0.4 is 14.9 Å². The molecule has 2 rings (SSSR count). The minimum Gasteiger partial charge on any atom is -0.493 e. The van der Waals surface area contributed by atoms with Crippen LogP contribution in [0, 0.1) is 0 Å². The highest BCUT2D eigenvalue weighted by Gasteiger charge is 2.12. The van der Waals surface area contributed by atoms with Gasteiger partial charge in [-0.05, 0) is 23.8 Å². The van der Waals surface area contributed by atoms with Gasteiger partial charge in [-0.25, -0.2) is 0 Å². The number of halogens is 1. The molecular formula is C18H20BBrO4. The molecule has 0 aliphatic carbocycles. The molecule has 0 fully saturated rings. The zero-order valence-electron chi connectivity index (χ0n) is 14.1. The molecule has 0 amide bonds. The number of carbonyl (C=O) groups excluding carboxylic acids is 1. The van der Waals surface area contributed by atoms with Crippen LogP contribution in [0.2, 0.25) is 6.82 Å². The Bertz CT molecular complexity index is 718. The molecule has 0 unspecified atom stereocenters. The maximum atomic E-state index is 11.5. The number of benzene rings is 2. The van der Waals surface area contributed by atoms with Gasteiger partial charge in [0.05, 0.1) is 20.6 Å². The van der Waals surface area contributed by atoms with E-state index < -0.39 is 0 Å². The van der Waals surface area contributed by atoms with Crippen molar-refractivity contribution in [3.63, 3.8) is 0 Å². The van der Waals surface area contributed by atoms with Gasteiger partial charge in [-0.1, -0.05) is 46.4 Å². The van der Waals surface area contributed by atoms with Crippen molar-refractivity contribution in [3.8, 4) is 17.2 Å². The first-order valence-corrected chi connectivity index (χ1v) is 8.82. The summed E-state index contributed by atoms with van der Waals surface area (Å²) in [6.07, 6.45) is 0.191. The zero-order valence-corrected chi connectivity index (χ0v) is 15.7. The topological polar surface area (TPSA) is 44.8 Å². The number of alkyl halides is 1. The fourth-order valence-electron chi connectivity index (χ4n) is 2.32. The van der Waals surface area contributed by atoms with E-state index in [1.165, 1.54) is 12.6 Å². The van der Waals surface area contributed by atoms with Crippen LogP contribution in [0.5, 0.6) is 17.2 Å². The predicted octanol–water partition coefficient (Wildman–Crippen LogP) is 3.21. The molecule has 0 aromatic heterocycles. The Balaban J connectivity index is 2.33. The van der Waals surface area contributed by atoms with Crippen LogP contribution in [0.1, 0.15) is 11.1 Å². The van der Waals surface area contributed by atoms with E-state index in [9.17, 15) is 4.79 Å². The zero-order chi connectivity index (χ0) is 17.5. The Morgan fingerprint density at radius 3 is 2.46 bits per heavy atom. The van der Waals surface area contributed by atoms with Crippen LogP contribution in [0.4, 0.5) is 0 Å². The van der Waals surface area contributed by atoms with Crippen molar-refractivity contribution in [1.82, 2.24) is 0 Å². The van der Waals surface area contributed by atoms with E-state index in [0.717, 1.165) is 24.2 Å². The van der Waals surface area contributed by atoms with Gasteiger partial charge in [0.2, 0.25) is 0 Å². The maximum absolute atomic E-state index is 11.5. The molecule has 0 aliphatic rings. The molecule has 0 N–H and O–H groups in total. The molecule has 0 spiro atoms. The standard InChI is InChI=1S/C18H20BBrO4/c1-19-14-5-7-15(13(10-14)11-20)24-17-8-12(9-18(21)23-3)4-6-16(17)22-2/h4-8,10,19H,9,11H2,1-3H3. The first-order valence-electron chi connectivity index (χ1n) is 7.70. The van der Waals surface area contributed by atoms with Crippen molar-refractivity contribution in [1.29, 1.82) is 0 Å². The molecule has 2 aromatic rings. The SMILES string of the molecule is CBc1ccc(Oc2cc(CC(=O)OC)ccc2OC)c(CBr)c1. The number of methoxy groups -OCH3 is 2. The van der Waals surface area contributed by atoms with E-state index in [1.807, 2.05) is 24.3 Å². The molecule has 6 heteroatoms. The van der Waals surface area contributed by atoms with Gasteiger partial charge in [0.15, 0.2) is 18.8 Å². The van der Waals surface area contributed by atoms with Crippen molar-refractivity contribution in [3.05, 3.63) is 47.5 Å². The molecule has 2 aromatic carbocycles. The fourth-order valence-corrected chi connectivity index (χ4v) is 2.76.